The molecule has 2 N–H and O–H groups in total. The molecule has 0 unspecified atom stereocenters. The lowest BCUT2D eigenvalue weighted by atomic mass is 10.0. The monoisotopic (exact) mass is 277 g/mol. The highest BCUT2D eigenvalue weighted by atomic mass is 16.2. The van der Waals surface area contributed by atoms with Crippen molar-refractivity contribution >= 4 is 5.91 Å². The Morgan fingerprint density at radius 2 is 2.10 bits per heavy atom. The second-order valence-corrected chi connectivity index (χ2v) is 5.87. The minimum atomic E-state index is -0.145. The van der Waals surface area contributed by atoms with Gasteiger partial charge in [-0.15, -0.1) is 5.10 Å². The van der Waals surface area contributed by atoms with Crippen LogP contribution in [0.1, 0.15) is 55.5 Å². The number of piperidine rings is 1. The Labute approximate surface area is 119 Å². The van der Waals surface area contributed by atoms with Gasteiger partial charge in [0.1, 0.15) is 5.82 Å². The number of likely N-dealkylation sites (tertiary alicyclic amines) is 1. The maximum absolute atomic E-state index is 12.1. The van der Waals surface area contributed by atoms with Gasteiger partial charge in [-0.1, -0.05) is 6.92 Å². The first-order valence-corrected chi connectivity index (χ1v) is 7.72. The molecule has 1 aromatic rings. The van der Waals surface area contributed by atoms with Gasteiger partial charge in [0.05, 0.1) is 0 Å². The lowest BCUT2D eigenvalue weighted by Crippen LogP contribution is -2.45. The van der Waals surface area contributed by atoms with Crippen molar-refractivity contribution < 1.29 is 4.79 Å². The minimum absolute atomic E-state index is 0.145. The van der Waals surface area contributed by atoms with Crippen LogP contribution in [0.5, 0.6) is 0 Å². The molecular weight excluding hydrogens is 254 g/mol. The van der Waals surface area contributed by atoms with E-state index < -0.39 is 0 Å². The zero-order valence-electron chi connectivity index (χ0n) is 12.1. The molecule has 0 radical (unpaired) electrons. The van der Waals surface area contributed by atoms with Crippen LogP contribution in [0.2, 0.25) is 0 Å². The molecule has 0 spiro atoms. The van der Waals surface area contributed by atoms with Crippen LogP contribution < -0.4 is 5.32 Å². The van der Waals surface area contributed by atoms with Crippen LogP contribution in [0.25, 0.3) is 0 Å². The Hall–Kier alpha value is -1.43. The number of carbonyl (C=O) groups is 1. The average Bonchev–Trinajstić information content (AvgIpc) is 3.20. The van der Waals surface area contributed by atoms with E-state index in [1.54, 1.807) is 0 Å². The third kappa shape index (κ3) is 3.17. The van der Waals surface area contributed by atoms with Gasteiger partial charge in [0.2, 0.25) is 5.82 Å². The van der Waals surface area contributed by atoms with Gasteiger partial charge >= 0.3 is 0 Å². The zero-order valence-corrected chi connectivity index (χ0v) is 12.1. The van der Waals surface area contributed by atoms with E-state index in [4.69, 9.17) is 0 Å². The number of nitrogens with one attached hydrogen (secondary N) is 2. The van der Waals surface area contributed by atoms with Crippen molar-refractivity contribution in [3.05, 3.63) is 11.6 Å². The van der Waals surface area contributed by atoms with Crippen LogP contribution >= 0.6 is 0 Å². The highest BCUT2D eigenvalue weighted by molar-refractivity contribution is 5.90. The number of hydrogen-bond acceptors (Lipinski definition) is 4. The Bertz CT molecular complexity index is 460. The number of hydrogen-bond donors (Lipinski definition) is 2. The second kappa shape index (κ2) is 5.91. The quantitative estimate of drug-likeness (QED) is 0.845. The number of H-pyrrole nitrogens is 1. The SMILES string of the molecule is CCCc1nc(C(=O)NC2CCN(C3CC3)CC2)n[nH]1. The maximum Gasteiger partial charge on any atom is 0.291 e. The van der Waals surface area contributed by atoms with Crippen LogP contribution in [0.15, 0.2) is 0 Å². The van der Waals surface area contributed by atoms with E-state index in [0.717, 1.165) is 50.6 Å². The van der Waals surface area contributed by atoms with Crippen LogP contribution in [-0.4, -0.2) is 51.2 Å². The van der Waals surface area contributed by atoms with Gasteiger partial charge in [-0.2, -0.15) is 0 Å². The topological polar surface area (TPSA) is 73.9 Å². The van der Waals surface area contributed by atoms with Crippen molar-refractivity contribution in [1.29, 1.82) is 0 Å². The van der Waals surface area contributed by atoms with Crippen molar-refractivity contribution in [3.63, 3.8) is 0 Å². The lowest BCUT2D eigenvalue weighted by molar-refractivity contribution is 0.0899. The first-order valence-electron chi connectivity index (χ1n) is 7.72. The van der Waals surface area contributed by atoms with E-state index in [1.807, 2.05) is 0 Å². The number of aromatic nitrogens is 3. The molecule has 110 valence electrons. The van der Waals surface area contributed by atoms with Gasteiger partial charge < -0.3 is 10.2 Å². The molecule has 2 heterocycles. The van der Waals surface area contributed by atoms with Crippen LogP contribution in [0.3, 0.4) is 0 Å². The third-order valence-electron chi connectivity index (χ3n) is 4.15. The largest absolute Gasteiger partial charge is 0.346 e. The molecule has 0 bridgehead atoms. The number of aryl methyl sites for hydroxylation is 1. The molecule has 1 saturated carbocycles. The van der Waals surface area contributed by atoms with Crippen molar-refractivity contribution in [2.45, 2.75) is 57.5 Å². The maximum atomic E-state index is 12.1. The smallest absolute Gasteiger partial charge is 0.291 e. The van der Waals surface area contributed by atoms with Crippen molar-refractivity contribution in [2.24, 2.45) is 0 Å². The standard InChI is InChI=1S/C14H23N5O/c1-2-3-12-16-13(18-17-12)14(20)15-10-6-8-19(9-7-10)11-4-5-11/h10-11H,2-9H2,1H3,(H,15,20)(H,16,17,18). The highest BCUT2D eigenvalue weighted by Gasteiger charge is 2.32. The lowest BCUT2D eigenvalue weighted by Gasteiger charge is -2.32. The first kappa shape index (κ1) is 13.5. The van der Waals surface area contributed by atoms with Crippen LogP contribution in [-0.2, 0) is 6.42 Å². The van der Waals surface area contributed by atoms with E-state index >= 15 is 0 Å². The number of rotatable bonds is 5. The van der Waals surface area contributed by atoms with Crippen LogP contribution in [0.4, 0.5) is 0 Å². The van der Waals surface area contributed by atoms with Gasteiger partial charge in [0.25, 0.3) is 5.91 Å². The summed E-state index contributed by atoms with van der Waals surface area (Å²) in [5, 5.41) is 9.88. The second-order valence-electron chi connectivity index (χ2n) is 5.87. The third-order valence-corrected chi connectivity index (χ3v) is 4.15. The number of aromatic amines is 1. The molecule has 2 fully saturated rings. The molecule has 1 aliphatic carbocycles. The molecule has 1 aromatic heterocycles. The van der Waals surface area contributed by atoms with E-state index in [1.165, 1.54) is 12.8 Å². The normalized spacial score (nSPS) is 21.1. The molecule has 0 aromatic carbocycles. The van der Waals surface area contributed by atoms with Gasteiger partial charge in [-0.05, 0) is 32.1 Å². The van der Waals surface area contributed by atoms with Gasteiger partial charge in [0.15, 0.2) is 0 Å². The molecule has 2 aliphatic rings. The van der Waals surface area contributed by atoms with E-state index in [9.17, 15) is 4.79 Å². The number of nitrogens with zero attached hydrogens (tertiary/aromatic N) is 3. The number of amides is 1. The summed E-state index contributed by atoms with van der Waals surface area (Å²) in [6, 6.07) is 1.10. The highest BCUT2D eigenvalue weighted by Crippen LogP contribution is 2.29. The molecule has 6 nitrogen and oxygen atoms in total. The molecule has 1 aliphatic heterocycles. The first-order chi connectivity index (χ1) is 9.76. The van der Waals surface area contributed by atoms with Gasteiger partial charge in [0, 0.05) is 31.6 Å². The van der Waals surface area contributed by atoms with Crippen molar-refractivity contribution in [3.8, 4) is 0 Å². The minimum Gasteiger partial charge on any atom is -0.346 e. The molecule has 1 amide bonds. The average molecular weight is 277 g/mol. The van der Waals surface area contributed by atoms with Crippen LogP contribution in [0, 0.1) is 0 Å². The van der Waals surface area contributed by atoms with E-state index in [2.05, 4.69) is 32.3 Å². The fraction of sp³-hybridized carbons (Fsp3) is 0.786. The Morgan fingerprint density at radius 1 is 1.35 bits per heavy atom. The summed E-state index contributed by atoms with van der Waals surface area (Å²) >= 11 is 0. The zero-order chi connectivity index (χ0) is 13.9. The van der Waals surface area contributed by atoms with Crippen molar-refractivity contribution in [2.75, 3.05) is 13.1 Å². The number of carbonyl (C=O) groups excluding carboxylic acids is 1. The summed E-state index contributed by atoms with van der Waals surface area (Å²) in [5.74, 6) is 0.924. The summed E-state index contributed by atoms with van der Waals surface area (Å²) in [7, 11) is 0. The van der Waals surface area contributed by atoms with Crippen molar-refractivity contribution in [1.82, 2.24) is 25.4 Å². The summed E-state index contributed by atoms with van der Waals surface area (Å²) < 4.78 is 0. The fourth-order valence-corrected chi connectivity index (χ4v) is 2.84. The molecule has 20 heavy (non-hydrogen) atoms. The summed E-state index contributed by atoms with van der Waals surface area (Å²) in [4.78, 5) is 18.9. The Kier molecular flexibility index (Phi) is 4.00. The molecular formula is C14H23N5O. The summed E-state index contributed by atoms with van der Waals surface area (Å²) in [6.07, 6.45) is 6.61. The Balaban J connectivity index is 1.48. The van der Waals surface area contributed by atoms with Gasteiger partial charge in [-0.25, -0.2) is 4.98 Å². The van der Waals surface area contributed by atoms with Gasteiger partial charge in [-0.3, -0.25) is 9.89 Å². The van der Waals surface area contributed by atoms with E-state index in [0.29, 0.717) is 0 Å². The Morgan fingerprint density at radius 3 is 2.75 bits per heavy atom. The predicted molar refractivity (Wildman–Crippen MR) is 75.5 cm³/mol. The molecule has 1 saturated heterocycles. The van der Waals surface area contributed by atoms with E-state index in [-0.39, 0.29) is 17.8 Å². The molecule has 0 atom stereocenters. The summed E-state index contributed by atoms with van der Waals surface area (Å²) in [6.45, 7) is 4.28. The predicted octanol–water partition coefficient (Wildman–Crippen LogP) is 1.11. The molecule has 3 rings (SSSR count). The fourth-order valence-electron chi connectivity index (χ4n) is 2.84. The molecule has 6 heteroatoms. The summed E-state index contributed by atoms with van der Waals surface area (Å²) in [5.41, 5.74) is 0.